The predicted molar refractivity (Wildman–Crippen MR) is 74.9 cm³/mol. The Morgan fingerprint density at radius 2 is 2.32 bits per heavy atom. The van der Waals surface area contributed by atoms with Gasteiger partial charge in [0.05, 0.1) is 16.1 Å². The summed E-state index contributed by atoms with van der Waals surface area (Å²) in [5.74, 6) is 0.198. The van der Waals surface area contributed by atoms with Crippen LogP contribution in [0, 0.1) is 12.8 Å². The number of hydrogen-bond donors (Lipinski definition) is 0. The average Bonchev–Trinajstić information content (AvgIpc) is 2.75. The highest BCUT2D eigenvalue weighted by Crippen LogP contribution is 2.24. The maximum atomic E-state index is 12.1. The second-order valence-corrected chi connectivity index (χ2v) is 8.22. The van der Waals surface area contributed by atoms with E-state index < -0.39 is 10.0 Å². The summed E-state index contributed by atoms with van der Waals surface area (Å²) in [6.45, 7) is 2.90. The van der Waals surface area contributed by atoms with Gasteiger partial charge in [-0.1, -0.05) is 0 Å². The fraction of sp³-hybridized carbons (Fsp3) is 0.667. The van der Waals surface area contributed by atoms with Crippen LogP contribution in [0.15, 0.2) is 6.20 Å². The lowest BCUT2D eigenvalue weighted by Gasteiger charge is -2.30. The van der Waals surface area contributed by atoms with Crippen LogP contribution in [0.2, 0.25) is 0 Å². The molecule has 0 spiro atoms. The Labute approximate surface area is 117 Å². The smallest absolute Gasteiger partial charge is 0.211 e. The molecule has 1 aliphatic heterocycles. The molecule has 1 atom stereocenters. The molecule has 1 aliphatic rings. The summed E-state index contributed by atoms with van der Waals surface area (Å²) in [4.78, 5) is 16.8. The Balaban J connectivity index is 1.98. The Hall–Kier alpha value is -0.790. The van der Waals surface area contributed by atoms with E-state index in [0.29, 0.717) is 24.4 Å². The minimum absolute atomic E-state index is 0.0750. The van der Waals surface area contributed by atoms with E-state index in [9.17, 15) is 13.2 Å². The van der Waals surface area contributed by atoms with Gasteiger partial charge >= 0.3 is 0 Å². The highest BCUT2D eigenvalue weighted by Gasteiger charge is 2.27. The van der Waals surface area contributed by atoms with Crippen LogP contribution in [0.4, 0.5) is 0 Å². The number of aryl methyl sites for hydroxylation is 1. The van der Waals surface area contributed by atoms with Crippen LogP contribution >= 0.6 is 11.3 Å². The van der Waals surface area contributed by atoms with Gasteiger partial charge in [-0.2, -0.15) is 0 Å². The molecule has 1 fully saturated rings. The summed E-state index contributed by atoms with van der Waals surface area (Å²) in [5.41, 5.74) is 0. The topological polar surface area (TPSA) is 67.3 Å². The van der Waals surface area contributed by atoms with Gasteiger partial charge in [-0.3, -0.25) is 4.79 Å². The quantitative estimate of drug-likeness (QED) is 0.794. The van der Waals surface area contributed by atoms with Crippen LogP contribution in [0.5, 0.6) is 0 Å². The van der Waals surface area contributed by atoms with Crippen molar-refractivity contribution in [2.24, 2.45) is 5.92 Å². The molecule has 0 N–H and O–H groups in total. The fourth-order valence-electron chi connectivity index (χ4n) is 2.35. The fourth-order valence-corrected chi connectivity index (χ4v) is 4.02. The zero-order chi connectivity index (χ0) is 14.0. The van der Waals surface area contributed by atoms with E-state index in [1.165, 1.54) is 21.9 Å². The summed E-state index contributed by atoms with van der Waals surface area (Å²) >= 11 is 1.40. The van der Waals surface area contributed by atoms with Crippen LogP contribution in [-0.2, 0) is 10.0 Å². The summed E-state index contributed by atoms with van der Waals surface area (Å²) in [5, 5.41) is 0.879. The second-order valence-electron chi connectivity index (χ2n) is 5.00. The van der Waals surface area contributed by atoms with Gasteiger partial charge in [-0.05, 0) is 25.7 Å². The molecule has 1 unspecified atom stereocenters. The molecular formula is C12H18N2O3S2. The summed E-state index contributed by atoms with van der Waals surface area (Å²) in [6.07, 6.45) is 4.99. The molecule has 7 heteroatoms. The van der Waals surface area contributed by atoms with E-state index in [2.05, 4.69) is 4.98 Å². The number of aromatic nitrogens is 1. The minimum Gasteiger partial charge on any atom is -0.293 e. The van der Waals surface area contributed by atoms with Gasteiger partial charge in [0.1, 0.15) is 0 Å². The first-order chi connectivity index (χ1) is 8.86. The van der Waals surface area contributed by atoms with E-state index in [1.54, 1.807) is 6.20 Å². The SMILES string of the molecule is Cc1ncc(C(=O)CC2CCCN(S(C)(=O)=O)C2)s1. The molecule has 2 rings (SSSR count). The van der Waals surface area contributed by atoms with Crippen LogP contribution in [0.1, 0.15) is 33.9 Å². The van der Waals surface area contributed by atoms with Crippen LogP contribution in [0.3, 0.4) is 0 Å². The maximum Gasteiger partial charge on any atom is 0.211 e. The molecule has 5 nitrogen and oxygen atoms in total. The molecule has 1 aromatic heterocycles. The number of rotatable bonds is 4. The van der Waals surface area contributed by atoms with Crippen molar-refractivity contribution in [3.05, 3.63) is 16.1 Å². The Morgan fingerprint density at radius 3 is 2.89 bits per heavy atom. The van der Waals surface area contributed by atoms with Gasteiger partial charge < -0.3 is 0 Å². The lowest BCUT2D eigenvalue weighted by atomic mass is 9.94. The zero-order valence-electron chi connectivity index (χ0n) is 11.1. The van der Waals surface area contributed by atoms with Crippen molar-refractivity contribution in [2.45, 2.75) is 26.2 Å². The van der Waals surface area contributed by atoms with Crippen molar-refractivity contribution in [3.8, 4) is 0 Å². The number of sulfonamides is 1. The van der Waals surface area contributed by atoms with E-state index >= 15 is 0 Å². The van der Waals surface area contributed by atoms with Gasteiger partial charge in [0.2, 0.25) is 10.0 Å². The van der Waals surface area contributed by atoms with Crippen molar-refractivity contribution in [3.63, 3.8) is 0 Å². The zero-order valence-corrected chi connectivity index (χ0v) is 12.8. The van der Waals surface area contributed by atoms with Gasteiger partial charge in [0.25, 0.3) is 0 Å². The molecule has 0 saturated carbocycles. The first kappa shape index (κ1) is 14.6. The molecule has 0 radical (unpaired) electrons. The number of thiazole rings is 1. The van der Waals surface area contributed by atoms with Crippen LogP contribution in [0.25, 0.3) is 0 Å². The number of Topliss-reactive ketones (excluding diaryl/α,β-unsaturated/α-hetero) is 1. The number of carbonyl (C=O) groups excluding carboxylic acids is 1. The van der Waals surface area contributed by atoms with E-state index in [-0.39, 0.29) is 11.7 Å². The monoisotopic (exact) mass is 302 g/mol. The molecular weight excluding hydrogens is 284 g/mol. The number of nitrogens with zero attached hydrogens (tertiary/aromatic N) is 2. The van der Waals surface area contributed by atoms with Crippen molar-refractivity contribution in [2.75, 3.05) is 19.3 Å². The highest BCUT2D eigenvalue weighted by atomic mass is 32.2. The standard InChI is InChI=1S/C12H18N2O3S2/c1-9-13-7-12(18-9)11(15)6-10-4-3-5-14(8-10)19(2,16)17/h7,10H,3-6,8H2,1-2H3. The van der Waals surface area contributed by atoms with E-state index in [4.69, 9.17) is 0 Å². The lowest BCUT2D eigenvalue weighted by molar-refractivity contribution is 0.0946. The second kappa shape index (κ2) is 5.68. The Bertz CT molecular complexity index is 565. The molecule has 19 heavy (non-hydrogen) atoms. The first-order valence-electron chi connectivity index (χ1n) is 6.27. The number of piperidine rings is 1. The molecule has 0 aliphatic carbocycles. The normalized spacial score (nSPS) is 21.5. The Morgan fingerprint density at radius 1 is 1.58 bits per heavy atom. The molecule has 1 saturated heterocycles. The molecule has 0 bridgehead atoms. The molecule has 1 aromatic rings. The number of ketones is 1. The third-order valence-electron chi connectivity index (χ3n) is 3.32. The number of carbonyl (C=O) groups is 1. The van der Waals surface area contributed by atoms with Crippen molar-refractivity contribution in [1.29, 1.82) is 0 Å². The molecule has 2 heterocycles. The number of hydrogen-bond acceptors (Lipinski definition) is 5. The lowest BCUT2D eigenvalue weighted by Crippen LogP contribution is -2.39. The first-order valence-corrected chi connectivity index (χ1v) is 8.93. The van der Waals surface area contributed by atoms with Gasteiger partial charge in [-0.25, -0.2) is 17.7 Å². The third kappa shape index (κ3) is 3.84. The van der Waals surface area contributed by atoms with Gasteiger partial charge in [0.15, 0.2) is 5.78 Å². The van der Waals surface area contributed by atoms with Crippen LogP contribution < -0.4 is 0 Å². The molecule has 106 valence electrons. The third-order valence-corrected chi connectivity index (χ3v) is 5.54. The summed E-state index contributed by atoms with van der Waals surface area (Å²) < 4.78 is 24.5. The maximum absolute atomic E-state index is 12.1. The van der Waals surface area contributed by atoms with Crippen LogP contribution in [-0.4, -0.2) is 42.8 Å². The predicted octanol–water partition coefficient (Wildman–Crippen LogP) is 1.70. The van der Waals surface area contributed by atoms with Crippen molar-refractivity contribution < 1.29 is 13.2 Å². The van der Waals surface area contributed by atoms with Crippen molar-refractivity contribution in [1.82, 2.24) is 9.29 Å². The summed E-state index contributed by atoms with van der Waals surface area (Å²) in [6, 6.07) is 0. The average molecular weight is 302 g/mol. The van der Waals surface area contributed by atoms with E-state index in [1.807, 2.05) is 6.92 Å². The highest BCUT2D eigenvalue weighted by molar-refractivity contribution is 7.88. The molecule has 0 aromatic carbocycles. The van der Waals surface area contributed by atoms with E-state index in [0.717, 1.165) is 17.8 Å². The van der Waals surface area contributed by atoms with Gasteiger partial charge in [0, 0.05) is 25.7 Å². The minimum atomic E-state index is -3.14. The molecule has 0 amide bonds. The largest absolute Gasteiger partial charge is 0.293 e. The Kier molecular flexibility index (Phi) is 4.37. The summed E-state index contributed by atoms with van der Waals surface area (Å²) in [7, 11) is -3.14. The van der Waals surface area contributed by atoms with Crippen molar-refractivity contribution >= 4 is 27.1 Å². The van der Waals surface area contributed by atoms with Gasteiger partial charge in [-0.15, -0.1) is 11.3 Å².